The minimum Gasteiger partial charge on any atom is -0.472 e. The summed E-state index contributed by atoms with van der Waals surface area (Å²) in [5, 5.41) is 0. The normalized spacial score (nSPS) is 18.3. The Morgan fingerprint density at radius 3 is 2.85 bits per heavy atom. The maximum atomic E-state index is 5.87. The first-order valence-electron chi connectivity index (χ1n) is 9.56. The van der Waals surface area contributed by atoms with Gasteiger partial charge in [-0.05, 0) is 50.8 Å². The van der Waals surface area contributed by atoms with Crippen molar-refractivity contribution in [1.82, 2.24) is 9.88 Å². The Bertz CT molecular complexity index is 808. The van der Waals surface area contributed by atoms with Crippen LogP contribution in [0.1, 0.15) is 42.7 Å². The van der Waals surface area contributed by atoms with E-state index in [1.165, 1.54) is 31.2 Å². The molecule has 1 saturated heterocycles. The third-order valence-corrected chi connectivity index (χ3v) is 5.37. The van der Waals surface area contributed by atoms with Gasteiger partial charge in [0.2, 0.25) is 5.89 Å². The molecule has 0 amide bonds. The van der Waals surface area contributed by atoms with Gasteiger partial charge in [-0.3, -0.25) is 4.90 Å². The summed E-state index contributed by atoms with van der Waals surface area (Å²) in [7, 11) is 0. The molecule has 0 spiro atoms. The highest BCUT2D eigenvalue weighted by atomic mass is 16.4. The molecular weight excluding hydrogens is 324 g/mol. The van der Waals surface area contributed by atoms with Crippen molar-refractivity contribution in [2.24, 2.45) is 0 Å². The number of oxazole rings is 1. The van der Waals surface area contributed by atoms with Crippen LogP contribution >= 0.6 is 0 Å². The van der Waals surface area contributed by atoms with Crippen molar-refractivity contribution in [3.63, 3.8) is 0 Å². The van der Waals surface area contributed by atoms with E-state index in [1.807, 2.05) is 13.0 Å². The van der Waals surface area contributed by atoms with Gasteiger partial charge in [-0.2, -0.15) is 0 Å². The van der Waals surface area contributed by atoms with Crippen molar-refractivity contribution in [1.29, 1.82) is 0 Å². The molecule has 4 heteroatoms. The van der Waals surface area contributed by atoms with Crippen LogP contribution in [0.15, 0.2) is 57.8 Å². The summed E-state index contributed by atoms with van der Waals surface area (Å²) in [6.45, 7) is 4.02. The van der Waals surface area contributed by atoms with Crippen LogP contribution < -0.4 is 0 Å². The summed E-state index contributed by atoms with van der Waals surface area (Å²) >= 11 is 0. The second kappa shape index (κ2) is 7.92. The zero-order valence-corrected chi connectivity index (χ0v) is 15.4. The van der Waals surface area contributed by atoms with E-state index in [9.17, 15) is 0 Å². The Balaban J connectivity index is 1.43. The molecule has 0 saturated carbocycles. The Labute approximate surface area is 154 Å². The van der Waals surface area contributed by atoms with E-state index < -0.39 is 0 Å². The average Bonchev–Trinajstić information content (AvgIpc) is 3.32. The molecular formula is C22H26N2O2. The summed E-state index contributed by atoms with van der Waals surface area (Å²) in [6.07, 6.45) is 9.55. The smallest absolute Gasteiger partial charge is 0.229 e. The number of hydrogen-bond donors (Lipinski definition) is 0. The van der Waals surface area contributed by atoms with Crippen LogP contribution in [0.5, 0.6) is 0 Å². The van der Waals surface area contributed by atoms with Gasteiger partial charge in [0, 0.05) is 12.6 Å². The van der Waals surface area contributed by atoms with Gasteiger partial charge in [-0.25, -0.2) is 4.98 Å². The second-order valence-electron chi connectivity index (χ2n) is 7.18. The maximum absolute atomic E-state index is 5.87. The van der Waals surface area contributed by atoms with Crippen LogP contribution in [0.25, 0.3) is 11.5 Å². The number of furan rings is 1. The fraction of sp³-hybridized carbons (Fsp3) is 0.409. The van der Waals surface area contributed by atoms with E-state index in [4.69, 9.17) is 13.8 Å². The molecule has 1 aliphatic heterocycles. The number of aryl methyl sites for hydroxylation is 2. The second-order valence-corrected chi connectivity index (χ2v) is 7.18. The first kappa shape index (κ1) is 17.1. The Kier molecular flexibility index (Phi) is 5.21. The Morgan fingerprint density at radius 1 is 1.15 bits per heavy atom. The van der Waals surface area contributed by atoms with Gasteiger partial charge >= 0.3 is 0 Å². The molecule has 0 radical (unpaired) electrons. The van der Waals surface area contributed by atoms with E-state index in [1.54, 1.807) is 12.5 Å². The highest BCUT2D eigenvalue weighted by Gasteiger charge is 2.24. The van der Waals surface area contributed by atoms with Crippen molar-refractivity contribution >= 4 is 0 Å². The predicted molar refractivity (Wildman–Crippen MR) is 102 cm³/mol. The molecule has 1 aliphatic rings. The Morgan fingerprint density at radius 2 is 2.04 bits per heavy atom. The zero-order valence-electron chi connectivity index (χ0n) is 15.4. The highest BCUT2D eigenvalue weighted by Crippen LogP contribution is 2.27. The number of benzene rings is 1. The molecule has 4 rings (SSSR count). The van der Waals surface area contributed by atoms with Gasteiger partial charge < -0.3 is 8.83 Å². The van der Waals surface area contributed by atoms with Gasteiger partial charge in [0.1, 0.15) is 12.0 Å². The van der Waals surface area contributed by atoms with E-state index in [-0.39, 0.29) is 0 Å². The number of nitrogens with zero attached hydrogens (tertiary/aromatic N) is 2. The molecule has 1 fully saturated rings. The Hall–Kier alpha value is -2.33. The lowest BCUT2D eigenvalue weighted by Crippen LogP contribution is -2.39. The summed E-state index contributed by atoms with van der Waals surface area (Å²) in [4.78, 5) is 7.32. The van der Waals surface area contributed by atoms with E-state index >= 15 is 0 Å². The van der Waals surface area contributed by atoms with Crippen LogP contribution in [0.4, 0.5) is 0 Å². The lowest BCUT2D eigenvalue weighted by Gasteiger charge is -2.35. The summed E-state index contributed by atoms with van der Waals surface area (Å²) < 4.78 is 11.0. The molecule has 0 N–H and O–H groups in total. The fourth-order valence-corrected chi connectivity index (χ4v) is 3.85. The first-order valence-corrected chi connectivity index (χ1v) is 9.56. The van der Waals surface area contributed by atoms with Crippen molar-refractivity contribution in [3.8, 4) is 11.5 Å². The van der Waals surface area contributed by atoms with Crippen LogP contribution in [0.3, 0.4) is 0 Å². The number of hydrogen-bond acceptors (Lipinski definition) is 4. The number of piperidine rings is 1. The third-order valence-electron chi connectivity index (χ3n) is 5.37. The van der Waals surface area contributed by atoms with Crippen molar-refractivity contribution in [3.05, 3.63) is 65.9 Å². The number of likely N-dealkylation sites (tertiary alicyclic amines) is 1. The summed E-state index contributed by atoms with van der Waals surface area (Å²) in [6, 6.07) is 13.3. The average molecular weight is 350 g/mol. The molecule has 136 valence electrons. The largest absolute Gasteiger partial charge is 0.472 e. The first-order chi connectivity index (χ1) is 12.8. The summed E-state index contributed by atoms with van der Waals surface area (Å²) in [5.41, 5.74) is 3.38. The lowest BCUT2D eigenvalue weighted by molar-refractivity contribution is 0.130. The van der Waals surface area contributed by atoms with Crippen LogP contribution in [0.2, 0.25) is 0 Å². The molecule has 0 aliphatic carbocycles. The molecule has 3 aromatic rings. The highest BCUT2D eigenvalue weighted by molar-refractivity contribution is 5.51. The van der Waals surface area contributed by atoms with Gasteiger partial charge in [-0.1, -0.05) is 36.8 Å². The van der Waals surface area contributed by atoms with Crippen molar-refractivity contribution in [2.75, 3.05) is 6.54 Å². The molecule has 4 nitrogen and oxygen atoms in total. The van der Waals surface area contributed by atoms with Crippen LogP contribution in [-0.4, -0.2) is 22.5 Å². The minimum absolute atomic E-state index is 0.623. The van der Waals surface area contributed by atoms with Gasteiger partial charge in [-0.15, -0.1) is 0 Å². The standard InChI is InChI=1S/C22H26N2O2/c1-17-21(23-22(26-17)19-12-14-25-16-19)15-24-13-6-5-9-20(24)11-10-18-7-3-2-4-8-18/h2-4,7-8,12,14,16,20H,5-6,9-11,13,15H2,1H3. The summed E-state index contributed by atoms with van der Waals surface area (Å²) in [5.74, 6) is 1.57. The fourth-order valence-electron chi connectivity index (χ4n) is 3.85. The van der Waals surface area contributed by atoms with E-state index in [2.05, 4.69) is 35.2 Å². The molecule has 0 bridgehead atoms. The monoisotopic (exact) mass is 350 g/mol. The van der Waals surface area contributed by atoms with Crippen LogP contribution in [0, 0.1) is 6.92 Å². The van der Waals surface area contributed by atoms with E-state index in [0.29, 0.717) is 11.9 Å². The van der Waals surface area contributed by atoms with Crippen molar-refractivity contribution < 1.29 is 8.83 Å². The lowest BCUT2D eigenvalue weighted by atomic mass is 9.95. The number of rotatable bonds is 6. The SMILES string of the molecule is Cc1oc(-c2ccoc2)nc1CN1CCCCC1CCc1ccccc1. The quantitative estimate of drug-likeness (QED) is 0.610. The van der Waals surface area contributed by atoms with E-state index in [0.717, 1.165) is 36.5 Å². The molecule has 1 atom stereocenters. The molecule has 26 heavy (non-hydrogen) atoms. The third kappa shape index (κ3) is 3.91. The molecule has 1 unspecified atom stereocenters. The maximum Gasteiger partial charge on any atom is 0.229 e. The number of aromatic nitrogens is 1. The molecule has 3 heterocycles. The van der Waals surface area contributed by atoms with Gasteiger partial charge in [0.05, 0.1) is 17.5 Å². The minimum atomic E-state index is 0.623. The zero-order chi connectivity index (χ0) is 17.8. The van der Waals surface area contributed by atoms with Gasteiger partial charge in [0.25, 0.3) is 0 Å². The molecule has 1 aromatic carbocycles. The topological polar surface area (TPSA) is 42.4 Å². The van der Waals surface area contributed by atoms with Crippen molar-refractivity contribution in [2.45, 2.75) is 51.6 Å². The molecule has 2 aromatic heterocycles. The predicted octanol–water partition coefficient (Wildman–Crippen LogP) is 5.23. The van der Waals surface area contributed by atoms with Crippen LogP contribution in [-0.2, 0) is 13.0 Å². The van der Waals surface area contributed by atoms with Gasteiger partial charge in [0.15, 0.2) is 0 Å².